The highest BCUT2D eigenvalue weighted by Crippen LogP contribution is 2.23. The lowest BCUT2D eigenvalue weighted by Gasteiger charge is -2.09. The van der Waals surface area contributed by atoms with Gasteiger partial charge in [-0.05, 0) is 17.7 Å². The third-order valence-corrected chi connectivity index (χ3v) is 3.38. The van der Waals surface area contributed by atoms with Gasteiger partial charge in [-0.2, -0.15) is 0 Å². The molecule has 0 N–H and O–H groups in total. The van der Waals surface area contributed by atoms with Crippen molar-refractivity contribution in [3.8, 4) is 0 Å². The number of rotatable bonds is 3. The molecule has 0 saturated carbocycles. The highest BCUT2D eigenvalue weighted by molar-refractivity contribution is 6.30. The van der Waals surface area contributed by atoms with E-state index >= 15 is 0 Å². The summed E-state index contributed by atoms with van der Waals surface area (Å²) >= 11 is 5.99. The van der Waals surface area contributed by atoms with Crippen LogP contribution in [0.3, 0.4) is 0 Å². The average molecular weight is 290 g/mol. The molecule has 0 amide bonds. The largest absolute Gasteiger partial charge is 0.464 e. The Balaban J connectivity index is 2.08. The fourth-order valence-corrected chi connectivity index (χ4v) is 2.45. The van der Waals surface area contributed by atoms with Crippen molar-refractivity contribution < 1.29 is 13.9 Å². The fourth-order valence-electron chi connectivity index (χ4n) is 2.24. The van der Waals surface area contributed by atoms with E-state index in [1.54, 1.807) is 12.3 Å². The molecule has 2 aromatic heterocycles. The molecular formula is C15H12ClNO3. The second-order valence-corrected chi connectivity index (χ2v) is 4.84. The standard InChI is InChI=1S/C15H12ClNO3/c1-19-15(18)13-8-14-12(5-6-20-14)17(13)9-10-3-2-4-11(16)7-10/h2-8H,9H2,1H3. The number of fused-ring (bicyclic) bond motifs is 1. The van der Waals surface area contributed by atoms with Crippen LogP contribution in [0.2, 0.25) is 5.02 Å². The van der Waals surface area contributed by atoms with Gasteiger partial charge in [0.1, 0.15) is 5.69 Å². The molecule has 102 valence electrons. The third kappa shape index (κ3) is 2.18. The number of carbonyl (C=O) groups excluding carboxylic acids is 1. The molecule has 0 aliphatic rings. The van der Waals surface area contributed by atoms with Crippen molar-refractivity contribution in [3.05, 3.63) is 58.9 Å². The van der Waals surface area contributed by atoms with E-state index in [1.165, 1.54) is 7.11 Å². The van der Waals surface area contributed by atoms with E-state index < -0.39 is 5.97 Å². The molecule has 0 aliphatic carbocycles. The van der Waals surface area contributed by atoms with E-state index in [4.69, 9.17) is 20.8 Å². The van der Waals surface area contributed by atoms with Crippen LogP contribution < -0.4 is 0 Å². The first kappa shape index (κ1) is 12.8. The summed E-state index contributed by atoms with van der Waals surface area (Å²) in [5, 5.41) is 0.665. The van der Waals surface area contributed by atoms with Crippen molar-refractivity contribution >= 4 is 28.7 Å². The van der Waals surface area contributed by atoms with Gasteiger partial charge < -0.3 is 13.7 Å². The van der Waals surface area contributed by atoms with Gasteiger partial charge in [0.15, 0.2) is 5.58 Å². The minimum absolute atomic E-state index is 0.390. The minimum atomic E-state index is -0.390. The minimum Gasteiger partial charge on any atom is -0.464 e. The number of ether oxygens (including phenoxy) is 1. The predicted molar refractivity (Wildman–Crippen MR) is 76.1 cm³/mol. The Morgan fingerprint density at radius 1 is 1.35 bits per heavy atom. The van der Waals surface area contributed by atoms with Crippen molar-refractivity contribution in [1.29, 1.82) is 0 Å². The maximum Gasteiger partial charge on any atom is 0.354 e. The second kappa shape index (κ2) is 5.06. The Morgan fingerprint density at radius 2 is 2.20 bits per heavy atom. The highest BCUT2D eigenvalue weighted by atomic mass is 35.5. The molecule has 0 radical (unpaired) electrons. The summed E-state index contributed by atoms with van der Waals surface area (Å²) in [7, 11) is 1.36. The summed E-state index contributed by atoms with van der Waals surface area (Å²) < 4.78 is 12.0. The number of hydrogen-bond acceptors (Lipinski definition) is 3. The predicted octanol–water partition coefficient (Wildman–Crippen LogP) is 3.72. The van der Waals surface area contributed by atoms with Crippen LogP contribution in [0.25, 0.3) is 11.1 Å². The van der Waals surface area contributed by atoms with Gasteiger partial charge in [0.05, 0.1) is 18.9 Å². The molecule has 1 aromatic carbocycles. The van der Waals surface area contributed by atoms with E-state index in [0.29, 0.717) is 22.8 Å². The Morgan fingerprint density at radius 3 is 2.95 bits per heavy atom. The second-order valence-electron chi connectivity index (χ2n) is 4.41. The number of aromatic nitrogens is 1. The van der Waals surface area contributed by atoms with Crippen LogP contribution in [-0.2, 0) is 11.3 Å². The number of esters is 1. The van der Waals surface area contributed by atoms with Gasteiger partial charge in [0.25, 0.3) is 0 Å². The highest BCUT2D eigenvalue weighted by Gasteiger charge is 2.18. The van der Waals surface area contributed by atoms with Crippen molar-refractivity contribution in [2.75, 3.05) is 7.11 Å². The Labute approximate surface area is 120 Å². The van der Waals surface area contributed by atoms with Crippen LogP contribution >= 0.6 is 11.6 Å². The van der Waals surface area contributed by atoms with Crippen LogP contribution in [0.4, 0.5) is 0 Å². The molecule has 4 nitrogen and oxygen atoms in total. The molecule has 20 heavy (non-hydrogen) atoms. The van der Waals surface area contributed by atoms with Gasteiger partial charge in [0, 0.05) is 23.7 Å². The first-order valence-electron chi connectivity index (χ1n) is 6.08. The molecule has 0 atom stereocenters. The normalized spacial score (nSPS) is 10.9. The Bertz CT molecular complexity index is 772. The SMILES string of the molecule is COC(=O)c1cc2occc2n1Cc1cccc(Cl)c1. The lowest BCUT2D eigenvalue weighted by Crippen LogP contribution is -2.11. The van der Waals surface area contributed by atoms with Gasteiger partial charge in [0.2, 0.25) is 0 Å². The lowest BCUT2D eigenvalue weighted by molar-refractivity contribution is 0.0589. The maximum atomic E-state index is 11.8. The number of furan rings is 1. The summed E-state index contributed by atoms with van der Waals surface area (Å²) in [6.07, 6.45) is 1.60. The number of carbonyl (C=O) groups is 1. The maximum absolute atomic E-state index is 11.8. The first-order chi connectivity index (χ1) is 9.69. The zero-order valence-electron chi connectivity index (χ0n) is 10.8. The molecule has 0 aliphatic heterocycles. The molecule has 2 heterocycles. The zero-order valence-corrected chi connectivity index (χ0v) is 11.6. The number of benzene rings is 1. The van der Waals surface area contributed by atoms with E-state index in [2.05, 4.69) is 0 Å². The first-order valence-corrected chi connectivity index (χ1v) is 6.46. The molecule has 5 heteroatoms. The number of hydrogen-bond donors (Lipinski definition) is 0. The average Bonchev–Trinajstić information content (AvgIpc) is 3.01. The third-order valence-electron chi connectivity index (χ3n) is 3.15. The van der Waals surface area contributed by atoms with Gasteiger partial charge in [-0.3, -0.25) is 0 Å². The summed E-state index contributed by atoms with van der Waals surface area (Å²) in [6.45, 7) is 0.522. The van der Waals surface area contributed by atoms with Gasteiger partial charge in [-0.25, -0.2) is 4.79 Å². The molecule has 3 rings (SSSR count). The van der Waals surface area contributed by atoms with E-state index in [9.17, 15) is 4.79 Å². The van der Waals surface area contributed by atoms with Crippen LogP contribution in [-0.4, -0.2) is 17.6 Å². The topological polar surface area (TPSA) is 44.4 Å². The van der Waals surface area contributed by atoms with Gasteiger partial charge in [-0.15, -0.1) is 0 Å². The van der Waals surface area contributed by atoms with E-state index in [0.717, 1.165) is 11.1 Å². The number of nitrogens with zero attached hydrogens (tertiary/aromatic N) is 1. The van der Waals surface area contributed by atoms with Crippen molar-refractivity contribution in [1.82, 2.24) is 4.57 Å². The van der Waals surface area contributed by atoms with Crippen molar-refractivity contribution in [2.45, 2.75) is 6.54 Å². The quantitative estimate of drug-likeness (QED) is 0.690. The molecule has 0 unspecified atom stereocenters. The number of methoxy groups -OCH3 is 1. The summed E-state index contributed by atoms with van der Waals surface area (Å²) in [4.78, 5) is 11.8. The van der Waals surface area contributed by atoms with Crippen LogP contribution in [0.5, 0.6) is 0 Å². The van der Waals surface area contributed by atoms with Crippen molar-refractivity contribution in [2.24, 2.45) is 0 Å². The molecule has 0 saturated heterocycles. The molecule has 0 fully saturated rings. The smallest absolute Gasteiger partial charge is 0.354 e. The number of halogens is 1. The Hall–Kier alpha value is -2.20. The molecule has 0 bridgehead atoms. The zero-order chi connectivity index (χ0) is 14.1. The molecule has 0 spiro atoms. The van der Waals surface area contributed by atoms with E-state index in [1.807, 2.05) is 34.9 Å². The van der Waals surface area contributed by atoms with Gasteiger partial charge in [-0.1, -0.05) is 23.7 Å². The fraction of sp³-hybridized carbons (Fsp3) is 0.133. The summed E-state index contributed by atoms with van der Waals surface area (Å²) in [6, 6.07) is 11.0. The van der Waals surface area contributed by atoms with Crippen LogP contribution in [0.1, 0.15) is 16.1 Å². The monoisotopic (exact) mass is 289 g/mol. The van der Waals surface area contributed by atoms with E-state index in [-0.39, 0.29) is 0 Å². The summed E-state index contributed by atoms with van der Waals surface area (Å²) in [5.74, 6) is -0.390. The summed E-state index contributed by atoms with van der Waals surface area (Å²) in [5.41, 5.74) is 2.97. The lowest BCUT2D eigenvalue weighted by atomic mass is 10.2. The Kier molecular flexibility index (Phi) is 3.24. The van der Waals surface area contributed by atoms with Crippen LogP contribution in [0.15, 0.2) is 47.1 Å². The van der Waals surface area contributed by atoms with Crippen LogP contribution in [0, 0.1) is 0 Å². The molecular weight excluding hydrogens is 278 g/mol. The molecule has 3 aromatic rings. The van der Waals surface area contributed by atoms with Gasteiger partial charge >= 0.3 is 5.97 Å². The van der Waals surface area contributed by atoms with Crippen molar-refractivity contribution in [3.63, 3.8) is 0 Å².